The third-order valence-corrected chi connectivity index (χ3v) is 4.17. The first kappa shape index (κ1) is 14.6. The number of carbonyl (C=O) groups is 1. The van der Waals surface area contributed by atoms with E-state index in [9.17, 15) is 9.18 Å². The molecular formula is C15H14FN3O2S. The van der Waals surface area contributed by atoms with Crippen LogP contribution in [0.1, 0.15) is 23.8 Å². The molecule has 0 fully saturated rings. The zero-order chi connectivity index (χ0) is 15.7. The molecule has 1 aliphatic rings. The molecule has 1 aromatic carbocycles. The van der Waals surface area contributed by atoms with Gasteiger partial charge in [0.05, 0.1) is 5.71 Å². The molecule has 0 radical (unpaired) electrons. The molecule has 0 spiro atoms. The zero-order valence-electron chi connectivity index (χ0n) is 12.1. The van der Waals surface area contributed by atoms with Crippen molar-refractivity contribution in [3.05, 3.63) is 46.7 Å². The molecule has 0 unspecified atom stereocenters. The van der Waals surface area contributed by atoms with Gasteiger partial charge in [0.25, 0.3) is 5.91 Å². The minimum absolute atomic E-state index is 0.270. The van der Waals surface area contributed by atoms with Crippen LogP contribution < -0.4 is 5.32 Å². The van der Waals surface area contributed by atoms with Gasteiger partial charge in [0.15, 0.2) is 5.13 Å². The minimum Gasteiger partial charge on any atom is -0.379 e. The molecule has 0 aliphatic carbocycles. The van der Waals surface area contributed by atoms with E-state index < -0.39 is 5.60 Å². The van der Waals surface area contributed by atoms with E-state index in [4.69, 9.17) is 4.84 Å². The summed E-state index contributed by atoms with van der Waals surface area (Å²) in [5, 5.41) is 7.18. The van der Waals surface area contributed by atoms with Crippen LogP contribution in [-0.2, 0) is 9.63 Å². The highest BCUT2D eigenvalue weighted by atomic mass is 32.1. The number of anilines is 1. The van der Waals surface area contributed by atoms with E-state index in [1.165, 1.54) is 23.5 Å². The van der Waals surface area contributed by atoms with E-state index >= 15 is 0 Å². The van der Waals surface area contributed by atoms with Crippen LogP contribution in [0.2, 0.25) is 0 Å². The molecule has 1 aliphatic heterocycles. The Kier molecular flexibility index (Phi) is 3.66. The third-order valence-electron chi connectivity index (χ3n) is 3.34. The van der Waals surface area contributed by atoms with Gasteiger partial charge in [0.1, 0.15) is 5.82 Å². The predicted molar refractivity (Wildman–Crippen MR) is 82.5 cm³/mol. The molecule has 114 valence electrons. The molecule has 5 nitrogen and oxygen atoms in total. The van der Waals surface area contributed by atoms with Gasteiger partial charge < -0.3 is 4.84 Å². The Bertz CT molecular complexity index is 759. The fourth-order valence-electron chi connectivity index (χ4n) is 2.13. The van der Waals surface area contributed by atoms with Crippen LogP contribution in [0.25, 0.3) is 0 Å². The molecule has 3 rings (SSSR count). The molecule has 2 heterocycles. The molecule has 7 heteroatoms. The summed E-state index contributed by atoms with van der Waals surface area (Å²) in [5.74, 6) is -0.673. The van der Waals surface area contributed by atoms with Crippen LogP contribution in [0.3, 0.4) is 0 Å². The molecule has 0 saturated heterocycles. The summed E-state index contributed by atoms with van der Waals surface area (Å²) < 4.78 is 13.3. The van der Waals surface area contributed by atoms with E-state index in [1.807, 2.05) is 6.92 Å². The molecule has 1 aromatic heterocycles. The Morgan fingerprint density at radius 2 is 2.32 bits per heavy atom. The highest BCUT2D eigenvalue weighted by Crippen LogP contribution is 2.29. The van der Waals surface area contributed by atoms with Crippen molar-refractivity contribution in [2.75, 3.05) is 5.32 Å². The second-order valence-corrected chi connectivity index (χ2v) is 6.51. The second kappa shape index (κ2) is 5.49. The summed E-state index contributed by atoms with van der Waals surface area (Å²) in [6.45, 7) is 3.56. The average molecular weight is 319 g/mol. The lowest BCUT2D eigenvalue weighted by Gasteiger charge is -2.19. The first-order chi connectivity index (χ1) is 10.5. The third kappa shape index (κ3) is 2.85. The number of benzene rings is 1. The van der Waals surface area contributed by atoms with E-state index in [0.717, 1.165) is 4.88 Å². The number of halogens is 1. The second-order valence-electron chi connectivity index (χ2n) is 5.28. The number of nitrogens with zero attached hydrogens (tertiary/aromatic N) is 2. The van der Waals surface area contributed by atoms with Crippen molar-refractivity contribution < 1.29 is 14.0 Å². The number of nitrogens with one attached hydrogen (secondary N) is 1. The number of hydrogen-bond donors (Lipinski definition) is 1. The standard InChI is InChI=1S/C15H14FN3O2S/c1-9-8-17-14(22-9)18-13(20)15(2)7-12(19-21-15)10-4-3-5-11(16)6-10/h3-6,8H,7H2,1-2H3,(H,17,18,20)/t15-/m0/s1. The van der Waals surface area contributed by atoms with Gasteiger partial charge in [-0.2, -0.15) is 0 Å². The molecular weight excluding hydrogens is 305 g/mol. The number of amides is 1. The fraction of sp³-hybridized carbons (Fsp3) is 0.267. The van der Waals surface area contributed by atoms with Crippen LogP contribution in [-0.4, -0.2) is 22.2 Å². The van der Waals surface area contributed by atoms with Crippen molar-refractivity contribution in [2.24, 2.45) is 5.16 Å². The van der Waals surface area contributed by atoms with Gasteiger partial charge in [-0.1, -0.05) is 17.3 Å². The number of hydrogen-bond acceptors (Lipinski definition) is 5. The SMILES string of the molecule is Cc1cnc(NC(=O)[C@]2(C)CC(c3cccc(F)c3)=NO2)s1. The van der Waals surface area contributed by atoms with Gasteiger partial charge in [0.2, 0.25) is 5.60 Å². The molecule has 2 aromatic rings. The van der Waals surface area contributed by atoms with Crippen LogP contribution in [0.4, 0.5) is 9.52 Å². The van der Waals surface area contributed by atoms with Gasteiger partial charge in [-0.25, -0.2) is 9.37 Å². The molecule has 1 N–H and O–H groups in total. The molecule has 0 saturated carbocycles. The van der Waals surface area contributed by atoms with Gasteiger partial charge in [0, 0.05) is 23.1 Å². The van der Waals surface area contributed by atoms with Gasteiger partial charge in [-0.05, 0) is 26.0 Å². The highest BCUT2D eigenvalue weighted by Gasteiger charge is 2.42. The summed E-state index contributed by atoms with van der Waals surface area (Å²) in [6.07, 6.45) is 1.96. The zero-order valence-corrected chi connectivity index (χ0v) is 12.9. The van der Waals surface area contributed by atoms with Gasteiger partial charge >= 0.3 is 0 Å². The summed E-state index contributed by atoms with van der Waals surface area (Å²) in [6, 6.07) is 6.06. The Labute approximate surface area is 130 Å². The van der Waals surface area contributed by atoms with Gasteiger partial charge in [-0.15, -0.1) is 11.3 Å². The number of aryl methyl sites for hydroxylation is 1. The van der Waals surface area contributed by atoms with Crippen LogP contribution in [0.15, 0.2) is 35.6 Å². The Hall–Kier alpha value is -2.28. The van der Waals surface area contributed by atoms with Crippen molar-refractivity contribution in [2.45, 2.75) is 25.9 Å². The van der Waals surface area contributed by atoms with Crippen LogP contribution in [0.5, 0.6) is 0 Å². The van der Waals surface area contributed by atoms with Crippen molar-refractivity contribution in [3.63, 3.8) is 0 Å². The predicted octanol–water partition coefficient (Wildman–Crippen LogP) is 3.11. The Morgan fingerprint density at radius 1 is 1.50 bits per heavy atom. The largest absolute Gasteiger partial charge is 0.379 e. The van der Waals surface area contributed by atoms with E-state index in [2.05, 4.69) is 15.5 Å². The van der Waals surface area contributed by atoms with E-state index in [-0.39, 0.29) is 18.1 Å². The average Bonchev–Trinajstić information content (AvgIpc) is 3.06. The minimum atomic E-state index is -1.12. The molecule has 1 atom stereocenters. The van der Waals surface area contributed by atoms with Crippen LogP contribution in [0, 0.1) is 12.7 Å². The summed E-state index contributed by atoms with van der Waals surface area (Å²) in [7, 11) is 0. The maximum atomic E-state index is 13.3. The molecule has 22 heavy (non-hydrogen) atoms. The number of carbonyl (C=O) groups excluding carboxylic acids is 1. The highest BCUT2D eigenvalue weighted by molar-refractivity contribution is 7.15. The lowest BCUT2D eigenvalue weighted by molar-refractivity contribution is -0.135. The summed E-state index contributed by atoms with van der Waals surface area (Å²) >= 11 is 1.39. The number of rotatable bonds is 3. The first-order valence-corrected chi connectivity index (χ1v) is 7.53. The lowest BCUT2D eigenvalue weighted by atomic mass is 9.95. The van der Waals surface area contributed by atoms with Crippen molar-refractivity contribution in [1.29, 1.82) is 0 Å². The summed E-state index contributed by atoms with van der Waals surface area (Å²) in [5.41, 5.74) is 0.0374. The maximum Gasteiger partial charge on any atom is 0.273 e. The van der Waals surface area contributed by atoms with E-state index in [1.54, 1.807) is 25.3 Å². The normalized spacial score (nSPS) is 20.4. The van der Waals surface area contributed by atoms with Crippen molar-refractivity contribution in [1.82, 2.24) is 4.98 Å². The lowest BCUT2D eigenvalue weighted by Crippen LogP contribution is -2.40. The monoisotopic (exact) mass is 319 g/mol. The molecule has 1 amide bonds. The number of thiazole rings is 1. The maximum absolute atomic E-state index is 13.3. The first-order valence-electron chi connectivity index (χ1n) is 6.71. The van der Waals surface area contributed by atoms with Crippen molar-refractivity contribution in [3.8, 4) is 0 Å². The topological polar surface area (TPSA) is 63.6 Å². The number of aromatic nitrogens is 1. The van der Waals surface area contributed by atoms with Crippen molar-refractivity contribution >= 4 is 28.1 Å². The van der Waals surface area contributed by atoms with Crippen LogP contribution >= 0.6 is 11.3 Å². The van der Waals surface area contributed by atoms with Gasteiger partial charge in [-0.3, -0.25) is 10.1 Å². The Balaban J connectivity index is 1.72. The number of oxime groups is 1. The quantitative estimate of drug-likeness (QED) is 0.945. The Morgan fingerprint density at radius 3 is 3.00 bits per heavy atom. The molecule has 0 bridgehead atoms. The smallest absolute Gasteiger partial charge is 0.273 e. The van der Waals surface area contributed by atoms with E-state index in [0.29, 0.717) is 16.4 Å². The summed E-state index contributed by atoms with van der Waals surface area (Å²) in [4.78, 5) is 22.8. The fourth-order valence-corrected chi connectivity index (χ4v) is 2.79.